The summed E-state index contributed by atoms with van der Waals surface area (Å²) >= 11 is 0. The van der Waals surface area contributed by atoms with Gasteiger partial charge in [0.1, 0.15) is 0 Å². The quantitative estimate of drug-likeness (QED) is 0.789. The number of benzene rings is 2. The summed E-state index contributed by atoms with van der Waals surface area (Å²) in [6.07, 6.45) is -1.31. The predicted molar refractivity (Wildman–Crippen MR) is 98.8 cm³/mol. The number of nitriles is 1. The Labute approximate surface area is 158 Å². The molecule has 0 unspecified atom stereocenters. The molecule has 0 bridgehead atoms. The van der Waals surface area contributed by atoms with Crippen molar-refractivity contribution in [2.24, 2.45) is 0 Å². The van der Waals surface area contributed by atoms with Gasteiger partial charge in [0.05, 0.1) is 40.2 Å². The number of hydrogen-bond acceptors (Lipinski definition) is 6. The van der Waals surface area contributed by atoms with Gasteiger partial charge < -0.3 is 5.11 Å². The van der Waals surface area contributed by atoms with Crippen LogP contribution in [0.1, 0.15) is 11.1 Å². The van der Waals surface area contributed by atoms with E-state index in [4.69, 9.17) is 5.26 Å². The predicted octanol–water partition coefficient (Wildman–Crippen LogP) is 0.907. The monoisotopic (exact) mass is 406 g/mol. The lowest BCUT2D eigenvalue weighted by molar-refractivity contribution is 0.125. The number of aliphatic hydroxyl groups is 1. The number of sulfonamides is 1. The Morgan fingerprint density at radius 3 is 2.41 bits per heavy atom. The van der Waals surface area contributed by atoms with Crippen molar-refractivity contribution < 1.29 is 21.9 Å². The van der Waals surface area contributed by atoms with E-state index in [0.29, 0.717) is 5.56 Å². The highest BCUT2D eigenvalue weighted by Gasteiger charge is 2.44. The summed E-state index contributed by atoms with van der Waals surface area (Å²) < 4.78 is 51.4. The van der Waals surface area contributed by atoms with Crippen molar-refractivity contribution in [1.82, 2.24) is 4.31 Å². The fraction of sp³-hybridized carbons (Fsp3) is 0.278. The fourth-order valence-electron chi connectivity index (χ4n) is 3.09. The minimum absolute atomic E-state index is 0.0861. The van der Waals surface area contributed by atoms with Crippen LogP contribution in [0.3, 0.4) is 0 Å². The SMILES string of the molecule is N#Cc1cccc(S(=O)(=O)N(Cc2ccccc2)[C@@H]2CS(=O)(=O)C[C@H]2O)c1. The second-order valence-corrected chi connectivity index (χ2v) is 10.4. The summed E-state index contributed by atoms with van der Waals surface area (Å²) in [5.74, 6) is -0.922. The van der Waals surface area contributed by atoms with E-state index in [1.54, 1.807) is 30.3 Å². The van der Waals surface area contributed by atoms with Gasteiger partial charge in [0.25, 0.3) is 0 Å². The highest BCUT2D eigenvalue weighted by molar-refractivity contribution is 7.92. The lowest BCUT2D eigenvalue weighted by Gasteiger charge is -2.29. The Morgan fingerprint density at radius 2 is 1.81 bits per heavy atom. The molecule has 0 aliphatic carbocycles. The summed E-state index contributed by atoms with van der Waals surface area (Å²) in [6.45, 7) is -0.0861. The molecule has 2 atom stereocenters. The summed E-state index contributed by atoms with van der Waals surface area (Å²) in [5, 5.41) is 19.3. The van der Waals surface area contributed by atoms with Gasteiger partial charge in [-0.25, -0.2) is 16.8 Å². The minimum atomic E-state index is -4.14. The van der Waals surface area contributed by atoms with Crippen molar-refractivity contribution in [3.8, 4) is 6.07 Å². The van der Waals surface area contributed by atoms with Gasteiger partial charge in [0.2, 0.25) is 10.0 Å². The molecule has 0 saturated carbocycles. The molecule has 9 heteroatoms. The smallest absolute Gasteiger partial charge is 0.243 e. The normalized spacial score (nSPS) is 21.8. The largest absolute Gasteiger partial charge is 0.390 e. The Bertz CT molecular complexity index is 1080. The molecule has 1 fully saturated rings. The third-order valence-electron chi connectivity index (χ3n) is 4.41. The molecule has 0 spiro atoms. The molecule has 0 amide bonds. The van der Waals surface area contributed by atoms with E-state index in [0.717, 1.165) is 4.31 Å². The maximum atomic E-state index is 13.3. The van der Waals surface area contributed by atoms with Gasteiger partial charge in [-0.15, -0.1) is 0 Å². The van der Waals surface area contributed by atoms with Crippen molar-refractivity contribution in [2.45, 2.75) is 23.6 Å². The van der Waals surface area contributed by atoms with Gasteiger partial charge in [-0.1, -0.05) is 36.4 Å². The molecule has 1 heterocycles. The molecule has 1 saturated heterocycles. The van der Waals surface area contributed by atoms with Crippen LogP contribution in [0.25, 0.3) is 0 Å². The third kappa shape index (κ3) is 4.20. The molecule has 2 aromatic rings. The zero-order valence-corrected chi connectivity index (χ0v) is 15.9. The molecule has 0 radical (unpaired) electrons. The van der Waals surface area contributed by atoms with E-state index in [9.17, 15) is 21.9 Å². The standard InChI is InChI=1S/C18H18N2O5S2/c19-10-15-7-4-8-16(9-15)27(24,25)20(11-14-5-2-1-3-6-14)17-12-26(22,23)13-18(17)21/h1-9,17-18,21H,11-13H2/t17-,18-/m1/s1. The van der Waals surface area contributed by atoms with E-state index in [1.807, 2.05) is 6.07 Å². The lowest BCUT2D eigenvalue weighted by Crippen LogP contribution is -2.46. The second kappa shape index (κ2) is 7.40. The molecular weight excluding hydrogens is 388 g/mol. The number of nitrogens with zero attached hydrogens (tertiary/aromatic N) is 2. The summed E-state index contributed by atoms with van der Waals surface area (Å²) in [4.78, 5) is -0.117. The molecule has 7 nitrogen and oxygen atoms in total. The Kier molecular flexibility index (Phi) is 5.35. The van der Waals surface area contributed by atoms with Crippen LogP contribution in [0.4, 0.5) is 0 Å². The zero-order valence-electron chi connectivity index (χ0n) is 14.3. The highest BCUT2D eigenvalue weighted by atomic mass is 32.2. The first-order chi connectivity index (χ1) is 12.7. The van der Waals surface area contributed by atoms with E-state index in [1.165, 1.54) is 24.3 Å². The molecule has 3 rings (SSSR count). The van der Waals surface area contributed by atoms with Crippen LogP contribution < -0.4 is 0 Å². The average molecular weight is 406 g/mol. The van der Waals surface area contributed by atoms with Gasteiger partial charge in [0, 0.05) is 6.54 Å². The van der Waals surface area contributed by atoms with Crippen LogP contribution in [0.5, 0.6) is 0 Å². The van der Waals surface area contributed by atoms with Gasteiger partial charge >= 0.3 is 0 Å². The highest BCUT2D eigenvalue weighted by Crippen LogP contribution is 2.27. The van der Waals surface area contributed by atoms with Crippen molar-refractivity contribution in [2.75, 3.05) is 11.5 Å². The van der Waals surface area contributed by atoms with E-state index < -0.39 is 43.5 Å². The Balaban J connectivity index is 2.07. The second-order valence-electron chi connectivity index (χ2n) is 6.39. The first-order valence-corrected chi connectivity index (χ1v) is 11.4. The van der Waals surface area contributed by atoms with Crippen molar-refractivity contribution in [3.05, 3.63) is 65.7 Å². The number of aliphatic hydroxyl groups excluding tert-OH is 1. The Hall–Kier alpha value is -2.25. The van der Waals surface area contributed by atoms with Crippen LogP contribution in [-0.4, -0.2) is 49.9 Å². The molecule has 1 N–H and O–H groups in total. The van der Waals surface area contributed by atoms with Gasteiger partial charge in [0.15, 0.2) is 9.84 Å². The lowest BCUT2D eigenvalue weighted by atomic mass is 10.2. The van der Waals surface area contributed by atoms with Crippen LogP contribution in [0.2, 0.25) is 0 Å². The van der Waals surface area contributed by atoms with E-state index in [2.05, 4.69) is 0 Å². The fourth-order valence-corrected chi connectivity index (χ4v) is 6.67. The zero-order chi connectivity index (χ0) is 19.7. The van der Waals surface area contributed by atoms with Crippen LogP contribution in [0, 0.1) is 11.3 Å². The Morgan fingerprint density at radius 1 is 1.11 bits per heavy atom. The van der Waals surface area contributed by atoms with Crippen molar-refractivity contribution in [3.63, 3.8) is 0 Å². The topological polar surface area (TPSA) is 116 Å². The molecule has 27 heavy (non-hydrogen) atoms. The molecular formula is C18H18N2O5S2. The maximum Gasteiger partial charge on any atom is 0.243 e. The maximum absolute atomic E-state index is 13.3. The van der Waals surface area contributed by atoms with Crippen molar-refractivity contribution >= 4 is 19.9 Å². The molecule has 1 aliphatic rings. The molecule has 142 valence electrons. The van der Waals surface area contributed by atoms with Gasteiger partial charge in [-0.05, 0) is 23.8 Å². The number of sulfone groups is 1. The van der Waals surface area contributed by atoms with Gasteiger partial charge in [-0.2, -0.15) is 9.57 Å². The summed E-state index contributed by atoms with van der Waals surface area (Å²) in [7, 11) is -7.69. The molecule has 2 aromatic carbocycles. The number of hydrogen-bond donors (Lipinski definition) is 1. The summed E-state index contributed by atoms with van der Waals surface area (Å²) in [5.41, 5.74) is 0.837. The van der Waals surface area contributed by atoms with Crippen molar-refractivity contribution in [1.29, 1.82) is 5.26 Å². The van der Waals surface area contributed by atoms with E-state index in [-0.39, 0.29) is 17.0 Å². The third-order valence-corrected chi connectivity index (χ3v) is 7.98. The minimum Gasteiger partial charge on any atom is -0.390 e. The first kappa shape index (κ1) is 19.5. The van der Waals surface area contributed by atoms with Crippen LogP contribution in [-0.2, 0) is 26.4 Å². The average Bonchev–Trinajstić information content (AvgIpc) is 2.92. The summed E-state index contributed by atoms with van der Waals surface area (Å²) in [6, 6.07) is 15.1. The van der Waals surface area contributed by atoms with Crippen LogP contribution in [0.15, 0.2) is 59.5 Å². The van der Waals surface area contributed by atoms with E-state index >= 15 is 0 Å². The van der Waals surface area contributed by atoms with Crippen LogP contribution >= 0.6 is 0 Å². The first-order valence-electron chi connectivity index (χ1n) is 8.17. The van der Waals surface area contributed by atoms with Gasteiger partial charge in [-0.3, -0.25) is 0 Å². The molecule has 0 aromatic heterocycles. The molecule has 1 aliphatic heterocycles. The number of rotatable bonds is 5.